The second-order valence-corrected chi connectivity index (χ2v) is 11.9. The number of benzene rings is 2. The molecule has 2 aliphatic heterocycles. The summed E-state index contributed by atoms with van der Waals surface area (Å²) in [6.45, 7) is 8.69. The number of aromatic nitrogens is 2. The van der Waals surface area contributed by atoms with Crippen molar-refractivity contribution in [3.05, 3.63) is 77.1 Å². The van der Waals surface area contributed by atoms with Gasteiger partial charge in [0.25, 0.3) is 5.91 Å². The van der Waals surface area contributed by atoms with Gasteiger partial charge in [-0.2, -0.15) is 5.10 Å². The summed E-state index contributed by atoms with van der Waals surface area (Å²) in [6, 6.07) is 14.7. The van der Waals surface area contributed by atoms with Crippen LogP contribution in [0.15, 0.2) is 54.9 Å². The van der Waals surface area contributed by atoms with E-state index in [-0.39, 0.29) is 11.8 Å². The molecule has 1 amide bonds. The van der Waals surface area contributed by atoms with E-state index in [0.29, 0.717) is 23.7 Å². The monoisotopic (exact) mass is 540 g/mol. The molecule has 2 saturated heterocycles. The number of unbranched alkanes of at least 4 members (excludes halogenated alkanes) is 3. The SMILES string of the molecule is CCCCCCN1CC(C(=O)Cc2cc(C(=O)N3CCC(c4ccc(-c5cnn(C)c5)cc4)CC3)ccc2C)C1. The minimum atomic E-state index is 0.0842. The molecule has 0 aliphatic carbocycles. The first kappa shape index (κ1) is 28.3. The zero-order chi connectivity index (χ0) is 28.1. The van der Waals surface area contributed by atoms with Crippen LogP contribution in [-0.2, 0) is 18.3 Å². The van der Waals surface area contributed by atoms with Crippen LogP contribution in [0.3, 0.4) is 0 Å². The van der Waals surface area contributed by atoms with Crippen LogP contribution in [-0.4, -0.2) is 64.0 Å². The summed E-state index contributed by atoms with van der Waals surface area (Å²) in [5, 5.41) is 4.27. The molecule has 40 heavy (non-hydrogen) atoms. The van der Waals surface area contributed by atoms with E-state index in [2.05, 4.69) is 41.2 Å². The maximum atomic E-state index is 13.4. The maximum absolute atomic E-state index is 13.4. The van der Waals surface area contributed by atoms with Crippen LogP contribution < -0.4 is 0 Å². The Kier molecular flexibility index (Phi) is 9.15. The van der Waals surface area contributed by atoms with Gasteiger partial charge in [0.15, 0.2) is 0 Å². The number of carbonyl (C=O) groups is 2. The molecular formula is C34H44N4O2. The number of carbonyl (C=O) groups excluding carboxylic acids is 2. The average molecular weight is 541 g/mol. The Balaban J connectivity index is 1.12. The van der Waals surface area contributed by atoms with Gasteiger partial charge in [-0.1, -0.05) is 56.5 Å². The zero-order valence-corrected chi connectivity index (χ0v) is 24.4. The summed E-state index contributed by atoms with van der Waals surface area (Å²) >= 11 is 0. The fraction of sp³-hybridized carbons (Fsp3) is 0.500. The van der Waals surface area contributed by atoms with Crippen molar-refractivity contribution in [3.8, 4) is 11.1 Å². The van der Waals surface area contributed by atoms with Gasteiger partial charge in [0.1, 0.15) is 5.78 Å². The van der Waals surface area contributed by atoms with Crippen LogP contribution in [0.25, 0.3) is 11.1 Å². The van der Waals surface area contributed by atoms with Crippen molar-refractivity contribution in [1.82, 2.24) is 19.6 Å². The van der Waals surface area contributed by atoms with Crippen LogP contribution in [0.2, 0.25) is 0 Å². The van der Waals surface area contributed by atoms with E-state index >= 15 is 0 Å². The lowest BCUT2D eigenvalue weighted by Gasteiger charge is -2.38. The Morgan fingerprint density at radius 2 is 1.70 bits per heavy atom. The van der Waals surface area contributed by atoms with E-state index in [1.807, 2.05) is 54.1 Å². The van der Waals surface area contributed by atoms with Crippen LogP contribution in [0.4, 0.5) is 0 Å². The normalized spacial score (nSPS) is 16.7. The largest absolute Gasteiger partial charge is 0.339 e. The Morgan fingerprint density at radius 1 is 0.950 bits per heavy atom. The van der Waals surface area contributed by atoms with Gasteiger partial charge in [-0.15, -0.1) is 0 Å². The number of likely N-dealkylation sites (tertiary alicyclic amines) is 2. The second kappa shape index (κ2) is 12.9. The van der Waals surface area contributed by atoms with Gasteiger partial charge in [0.05, 0.1) is 6.20 Å². The molecule has 6 nitrogen and oxygen atoms in total. The standard InChI is InChI=1S/C34H44N4O2/c1-4-5-6-7-16-37-23-32(24-37)33(39)20-30-19-29(9-8-25(30)2)34(40)38-17-14-28(15-18-38)26-10-12-27(13-11-26)31-21-35-36(3)22-31/h8-13,19,21-22,28,32H,4-7,14-18,20,23-24H2,1-3H3. The highest BCUT2D eigenvalue weighted by molar-refractivity contribution is 5.95. The molecule has 2 aromatic carbocycles. The van der Waals surface area contributed by atoms with Gasteiger partial charge < -0.3 is 9.80 Å². The van der Waals surface area contributed by atoms with Crippen LogP contribution in [0, 0.1) is 12.8 Å². The molecule has 6 heteroatoms. The molecule has 0 N–H and O–H groups in total. The average Bonchev–Trinajstić information content (AvgIpc) is 3.39. The summed E-state index contributed by atoms with van der Waals surface area (Å²) in [5.41, 5.74) is 6.44. The van der Waals surface area contributed by atoms with E-state index in [9.17, 15) is 9.59 Å². The van der Waals surface area contributed by atoms with Crippen molar-refractivity contribution in [2.24, 2.45) is 13.0 Å². The number of nitrogens with zero attached hydrogens (tertiary/aromatic N) is 4. The second-order valence-electron chi connectivity index (χ2n) is 11.9. The molecule has 0 atom stereocenters. The lowest BCUT2D eigenvalue weighted by molar-refractivity contribution is -0.127. The van der Waals surface area contributed by atoms with E-state index in [1.54, 1.807) is 0 Å². The molecule has 0 spiro atoms. The van der Waals surface area contributed by atoms with Crippen molar-refractivity contribution < 1.29 is 9.59 Å². The highest BCUT2D eigenvalue weighted by Gasteiger charge is 2.32. The highest BCUT2D eigenvalue weighted by Crippen LogP contribution is 2.31. The number of piperidine rings is 1. The van der Waals surface area contributed by atoms with Crippen molar-refractivity contribution in [2.75, 3.05) is 32.7 Å². The first-order chi connectivity index (χ1) is 19.4. The quantitative estimate of drug-likeness (QED) is 0.278. The molecule has 0 saturated carbocycles. The van der Waals surface area contributed by atoms with Crippen molar-refractivity contribution in [3.63, 3.8) is 0 Å². The summed E-state index contributed by atoms with van der Waals surface area (Å²) in [5.74, 6) is 1.00. The molecule has 0 bridgehead atoms. The summed E-state index contributed by atoms with van der Waals surface area (Å²) in [4.78, 5) is 30.8. The van der Waals surface area contributed by atoms with Crippen molar-refractivity contribution >= 4 is 11.7 Å². The predicted octanol–water partition coefficient (Wildman–Crippen LogP) is 6.04. The first-order valence-corrected chi connectivity index (χ1v) is 15.1. The molecule has 3 aromatic rings. The number of ketones is 1. The minimum absolute atomic E-state index is 0.0842. The molecule has 212 valence electrons. The third kappa shape index (κ3) is 6.72. The van der Waals surface area contributed by atoms with Gasteiger partial charge in [-0.05, 0) is 73.0 Å². The molecular weight excluding hydrogens is 496 g/mol. The highest BCUT2D eigenvalue weighted by atomic mass is 16.2. The Labute approximate surface area is 239 Å². The van der Waals surface area contributed by atoms with Crippen LogP contribution in [0.1, 0.15) is 78.4 Å². The Bertz CT molecular complexity index is 1300. The van der Waals surface area contributed by atoms with Crippen molar-refractivity contribution in [1.29, 1.82) is 0 Å². The summed E-state index contributed by atoms with van der Waals surface area (Å²) < 4.78 is 1.82. The van der Waals surface area contributed by atoms with E-state index in [0.717, 1.165) is 62.3 Å². The van der Waals surface area contributed by atoms with E-state index < -0.39 is 0 Å². The number of Topliss-reactive ketones (excluding diaryl/α,β-unsaturated/α-hetero) is 1. The van der Waals surface area contributed by atoms with Gasteiger partial charge >= 0.3 is 0 Å². The molecule has 2 fully saturated rings. The molecule has 5 rings (SSSR count). The molecule has 0 unspecified atom stereocenters. The topological polar surface area (TPSA) is 58.4 Å². The lowest BCUT2D eigenvalue weighted by Crippen LogP contribution is -2.50. The predicted molar refractivity (Wildman–Crippen MR) is 160 cm³/mol. The molecule has 1 aromatic heterocycles. The Morgan fingerprint density at radius 3 is 2.38 bits per heavy atom. The van der Waals surface area contributed by atoms with Gasteiger partial charge in [0.2, 0.25) is 0 Å². The van der Waals surface area contributed by atoms with Gasteiger partial charge in [-0.25, -0.2) is 0 Å². The lowest BCUT2D eigenvalue weighted by atomic mass is 9.88. The number of rotatable bonds is 11. The number of hydrogen-bond acceptors (Lipinski definition) is 4. The number of amides is 1. The van der Waals surface area contributed by atoms with E-state index in [4.69, 9.17) is 0 Å². The Hall–Kier alpha value is -3.25. The number of aryl methyl sites for hydroxylation is 2. The minimum Gasteiger partial charge on any atom is -0.339 e. The smallest absolute Gasteiger partial charge is 0.253 e. The molecule has 2 aliphatic rings. The van der Waals surface area contributed by atoms with Gasteiger partial charge in [-0.3, -0.25) is 14.3 Å². The fourth-order valence-electron chi connectivity index (χ4n) is 6.16. The van der Waals surface area contributed by atoms with Crippen LogP contribution in [0.5, 0.6) is 0 Å². The van der Waals surface area contributed by atoms with Gasteiger partial charge in [0, 0.05) is 62.9 Å². The van der Waals surface area contributed by atoms with E-state index in [1.165, 1.54) is 36.8 Å². The summed E-state index contributed by atoms with van der Waals surface area (Å²) in [6.07, 6.45) is 11.3. The fourth-order valence-corrected chi connectivity index (χ4v) is 6.16. The van der Waals surface area contributed by atoms with Crippen LogP contribution >= 0.6 is 0 Å². The zero-order valence-electron chi connectivity index (χ0n) is 24.4. The number of hydrogen-bond donors (Lipinski definition) is 0. The third-order valence-electron chi connectivity index (χ3n) is 8.90. The molecule has 3 heterocycles. The maximum Gasteiger partial charge on any atom is 0.253 e. The molecule has 0 radical (unpaired) electrons. The summed E-state index contributed by atoms with van der Waals surface area (Å²) in [7, 11) is 1.93. The first-order valence-electron chi connectivity index (χ1n) is 15.1. The van der Waals surface area contributed by atoms with Crippen molar-refractivity contribution in [2.45, 2.75) is 64.7 Å². The third-order valence-corrected chi connectivity index (χ3v) is 8.90.